The Hall–Kier alpha value is 0.323. The molecule has 0 aromatic rings. The van der Waals surface area contributed by atoms with Gasteiger partial charge in [-0.1, -0.05) is 39.8 Å². The fraction of sp³-hybridized carbons (Fsp3) is 0.500. The Balaban J connectivity index is 4.48. The van der Waals surface area contributed by atoms with Gasteiger partial charge >= 0.3 is 18.2 Å². The highest BCUT2D eigenvalue weighted by atomic mass is 79.9. The summed E-state index contributed by atoms with van der Waals surface area (Å²) in [6, 6.07) is 0. The summed E-state index contributed by atoms with van der Waals surface area (Å²) >= 11 is 3.07. The quantitative estimate of drug-likeness (QED) is 0.473. The largest absolute Gasteiger partial charge is 0.569 e. The van der Waals surface area contributed by atoms with Crippen LogP contribution in [0.1, 0.15) is 20.8 Å². The summed E-state index contributed by atoms with van der Waals surface area (Å²) in [5.74, 6) is 6.08. The molecule has 15 heavy (non-hydrogen) atoms. The van der Waals surface area contributed by atoms with Gasteiger partial charge in [0.15, 0.2) is 0 Å². The highest BCUT2D eigenvalue weighted by Gasteiger charge is 2.33. The molecular formula is C12H17BrMgSi. The Labute approximate surface area is 111 Å². The second kappa shape index (κ2) is 6.81. The fourth-order valence-electron chi connectivity index (χ4n) is 0.590. The predicted molar refractivity (Wildman–Crippen MR) is 76.6 cm³/mol. The molecule has 0 aliphatic rings. The van der Waals surface area contributed by atoms with E-state index in [2.05, 4.69) is 68.2 Å². The molecule has 78 valence electrons. The minimum Gasteiger partial charge on any atom is -0.277 e. The molecule has 3 heteroatoms. The van der Waals surface area contributed by atoms with Crippen molar-refractivity contribution in [3.8, 4) is 21.4 Å². The molecule has 0 aliphatic heterocycles. The molecule has 0 aliphatic carbocycles. The van der Waals surface area contributed by atoms with Crippen LogP contribution in [0.4, 0.5) is 0 Å². The van der Waals surface area contributed by atoms with Gasteiger partial charge in [0.2, 0.25) is 0 Å². The molecule has 0 spiro atoms. The van der Waals surface area contributed by atoms with E-state index in [0.717, 1.165) is 0 Å². The van der Waals surface area contributed by atoms with E-state index >= 15 is 0 Å². The van der Waals surface area contributed by atoms with Crippen LogP contribution in [0.15, 0.2) is 12.2 Å². The van der Waals surface area contributed by atoms with Crippen molar-refractivity contribution in [2.45, 2.75) is 38.9 Å². The molecule has 0 fully saturated rings. The molecule has 0 heterocycles. The van der Waals surface area contributed by atoms with Gasteiger partial charge in [-0.3, -0.25) is 12.9 Å². The van der Waals surface area contributed by atoms with Crippen LogP contribution in [0, 0.1) is 21.4 Å². The van der Waals surface area contributed by atoms with Crippen molar-refractivity contribution in [1.82, 2.24) is 0 Å². The van der Waals surface area contributed by atoms with Crippen LogP contribution in [0.25, 0.3) is 0 Å². The molecule has 0 rings (SSSR count). The summed E-state index contributed by atoms with van der Waals surface area (Å²) < 4.78 is 3.04. The van der Waals surface area contributed by atoms with E-state index in [1.165, 1.54) is 0 Å². The van der Waals surface area contributed by atoms with Crippen molar-refractivity contribution in [3.63, 3.8) is 0 Å². The summed E-state index contributed by atoms with van der Waals surface area (Å²) in [5, 5.41) is 0.336. The van der Waals surface area contributed by atoms with Crippen molar-refractivity contribution in [2.24, 2.45) is 0 Å². The smallest absolute Gasteiger partial charge is 0.277 e. The number of hydrogen-bond donors (Lipinski definition) is 0. The minimum atomic E-state index is -1.43. The Kier molecular flexibility index (Phi) is 6.96. The lowest BCUT2D eigenvalue weighted by Crippen LogP contribution is -2.35. The van der Waals surface area contributed by atoms with E-state index in [1.54, 1.807) is 0 Å². The molecule has 0 atom stereocenters. The fourth-order valence-corrected chi connectivity index (χ4v) is 2.09. The van der Waals surface area contributed by atoms with Gasteiger partial charge in [0.05, 0.1) is 0 Å². The molecule has 0 saturated carbocycles. The molecule has 0 unspecified atom stereocenters. The molecular weight excluding hydrogens is 276 g/mol. The third-order valence-electron chi connectivity index (χ3n) is 2.68. The van der Waals surface area contributed by atoms with E-state index in [4.69, 9.17) is 0 Å². The van der Waals surface area contributed by atoms with Crippen LogP contribution in [0.3, 0.4) is 0 Å². The number of rotatable bonds is 0. The summed E-state index contributed by atoms with van der Waals surface area (Å²) in [7, 11) is -1.43. The lowest BCUT2D eigenvalue weighted by molar-refractivity contribution is 0.731. The molecule has 0 bridgehead atoms. The number of hydrogen-bond acceptors (Lipinski definition) is 0. The summed E-state index contributed by atoms with van der Waals surface area (Å²) in [6.07, 6.45) is 3.71. The van der Waals surface area contributed by atoms with E-state index in [9.17, 15) is 0 Å². The maximum absolute atomic E-state index is 3.41. The molecule has 0 nitrogen and oxygen atoms in total. The average Bonchev–Trinajstić information content (AvgIpc) is 2.09. The van der Waals surface area contributed by atoms with Crippen molar-refractivity contribution in [3.05, 3.63) is 12.2 Å². The zero-order valence-corrected chi connectivity index (χ0v) is 14.2. The van der Waals surface area contributed by atoms with Crippen LogP contribution in [-0.4, -0.2) is 26.3 Å². The zero-order valence-electron chi connectivity index (χ0n) is 10.2. The van der Waals surface area contributed by atoms with Gasteiger partial charge in [-0.15, -0.1) is 11.5 Å². The van der Waals surface area contributed by atoms with E-state index in [-0.39, 0.29) is 18.2 Å². The van der Waals surface area contributed by atoms with Gasteiger partial charge in [-0.05, 0) is 17.2 Å². The zero-order chi connectivity index (χ0) is 11.9. The first-order chi connectivity index (χ1) is 6.81. The standard InChI is InChI=1S/C12H17Si.BrH.Mg/c1-7-8-9-10-11-13(5,6)12(2,3)4;;/h8-9H,2-6H3;1H;/q;;+1/p-1. The van der Waals surface area contributed by atoms with Crippen LogP contribution < -0.4 is 0 Å². The number of allylic oxidation sites excluding steroid dienone is 2. The van der Waals surface area contributed by atoms with Gasteiger partial charge < -0.3 is 0 Å². The van der Waals surface area contributed by atoms with Crippen LogP contribution in [0.2, 0.25) is 18.1 Å². The molecule has 0 aromatic carbocycles. The first-order valence-corrected chi connectivity index (χ1v) is 12.6. The molecule has 0 N–H and O–H groups in total. The topological polar surface area (TPSA) is 0 Å². The highest BCUT2D eigenvalue weighted by molar-refractivity contribution is 9.23. The van der Waals surface area contributed by atoms with E-state index in [0.29, 0.717) is 5.04 Å². The maximum Gasteiger partial charge on any atom is 0.569 e. The lowest BCUT2D eigenvalue weighted by Gasteiger charge is -2.31. The minimum absolute atomic E-state index is 0.309. The normalized spacial score (nSPS) is 11.1. The van der Waals surface area contributed by atoms with Crippen molar-refractivity contribution in [2.75, 3.05) is 0 Å². The Bertz CT molecular complexity index is 342. The third-order valence-corrected chi connectivity index (χ3v) is 8.38. The lowest BCUT2D eigenvalue weighted by atomic mass is 10.2. The van der Waals surface area contributed by atoms with Crippen molar-refractivity contribution in [1.29, 1.82) is 0 Å². The van der Waals surface area contributed by atoms with Crippen molar-refractivity contribution >= 4 is 39.2 Å². The monoisotopic (exact) mass is 292 g/mol. The summed E-state index contributed by atoms with van der Waals surface area (Å²) in [5.41, 5.74) is 3.41. The number of halogens is 1. The second-order valence-electron chi connectivity index (χ2n) is 4.93. The van der Waals surface area contributed by atoms with Gasteiger partial charge in [0.1, 0.15) is 8.07 Å². The van der Waals surface area contributed by atoms with E-state index < -0.39 is 8.07 Å². The van der Waals surface area contributed by atoms with Crippen LogP contribution in [-0.2, 0) is 0 Å². The maximum atomic E-state index is 3.41. The predicted octanol–water partition coefficient (Wildman–Crippen LogP) is 3.57. The van der Waals surface area contributed by atoms with Gasteiger partial charge in [-0.2, -0.15) is 0 Å². The van der Waals surface area contributed by atoms with E-state index in [1.807, 2.05) is 12.2 Å². The van der Waals surface area contributed by atoms with Gasteiger partial charge in [-0.25, -0.2) is 4.05 Å². The summed E-state index contributed by atoms with van der Waals surface area (Å²) in [6.45, 7) is 11.4. The Morgan fingerprint density at radius 1 is 1.13 bits per heavy atom. The first kappa shape index (κ1) is 15.3. The highest BCUT2D eigenvalue weighted by Crippen LogP contribution is 2.34. The molecule has 0 aromatic heterocycles. The first-order valence-electron chi connectivity index (χ1n) is 5.03. The SMILES string of the molecule is CC(C)(C)[Si](C)(C)C#CC=CC#[C][Mg][Br]. The van der Waals surface area contributed by atoms with Crippen LogP contribution >= 0.6 is 12.9 Å². The molecule has 0 amide bonds. The summed E-state index contributed by atoms with van der Waals surface area (Å²) in [4.78, 5) is 0. The van der Waals surface area contributed by atoms with Gasteiger partial charge in [0, 0.05) is 0 Å². The van der Waals surface area contributed by atoms with Crippen molar-refractivity contribution < 1.29 is 0 Å². The Morgan fingerprint density at radius 3 is 2.13 bits per heavy atom. The molecule has 0 radical (unpaired) electrons. The second-order valence-corrected chi connectivity index (χ2v) is 12.2. The third kappa shape index (κ3) is 6.48. The Morgan fingerprint density at radius 2 is 1.67 bits per heavy atom. The van der Waals surface area contributed by atoms with Crippen LogP contribution in [0.5, 0.6) is 0 Å². The van der Waals surface area contributed by atoms with Gasteiger partial charge in [0.25, 0.3) is 0 Å². The molecule has 0 saturated heterocycles. The average molecular weight is 294 g/mol.